The van der Waals surface area contributed by atoms with Gasteiger partial charge in [-0.05, 0) is 6.92 Å². The molecule has 2 rings (SSSR count). The van der Waals surface area contributed by atoms with Crippen LogP contribution in [-0.4, -0.2) is 15.1 Å². The molecule has 0 spiro atoms. The molecule has 68 valence electrons. The third kappa shape index (κ3) is 1.32. The van der Waals surface area contributed by atoms with Gasteiger partial charge >= 0.3 is 0 Å². The Kier molecular flexibility index (Phi) is 1.84. The predicted molar refractivity (Wildman–Crippen MR) is 43.9 cm³/mol. The average Bonchev–Trinajstić information content (AvgIpc) is 2.71. The topological polar surface area (TPSA) is 65.0 Å². The summed E-state index contributed by atoms with van der Waals surface area (Å²) in [6, 6.07) is 0. The monoisotopic (exact) mass is 179 g/mol. The van der Waals surface area contributed by atoms with Crippen molar-refractivity contribution in [1.82, 2.24) is 15.1 Å². The van der Waals surface area contributed by atoms with E-state index in [1.54, 1.807) is 0 Å². The summed E-state index contributed by atoms with van der Waals surface area (Å²) in [7, 11) is 0. The molecule has 0 fully saturated rings. The number of oxazole rings is 1. The molecule has 0 amide bonds. The molecule has 0 aliphatic heterocycles. The zero-order valence-corrected chi connectivity index (χ0v) is 7.44. The molecule has 13 heavy (non-hydrogen) atoms. The highest BCUT2D eigenvalue weighted by Gasteiger charge is 2.12. The average molecular weight is 179 g/mol. The summed E-state index contributed by atoms with van der Waals surface area (Å²) in [6.07, 6.45) is 2.09. The van der Waals surface area contributed by atoms with E-state index in [0.29, 0.717) is 23.2 Å². The van der Waals surface area contributed by atoms with Crippen LogP contribution in [0.1, 0.15) is 18.6 Å². The second-order valence-corrected chi connectivity index (χ2v) is 2.62. The predicted octanol–water partition coefficient (Wildman–Crippen LogP) is 1.60. The molecule has 0 radical (unpaired) electrons. The van der Waals surface area contributed by atoms with Crippen molar-refractivity contribution in [2.24, 2.45) is 0 Å². The molecule has 0 aliphatic carbocycles. The molecule has 5 heteroatoms. The van der Waals surface area contributed by atoms with Crippen LogP contribution in [-0.2, 0) is 6.42 Å². The lowest BCUT2D eigenvalue weighted by Gasteiger charge is -1.84. The van der Waals surface area contributed by atoms with Crippen molar-refractivity contribution in [3.8, 4) is 11.5 Å². The normalized spacial score (nSPS) is 10.6. The zero-order valence-electron chi connectivity index (χ0n) is 7.44. The number of hydrogen-bond donors (Lipinski definition) is 0. The van der Waals surface area contributed by atoms with Gasteiger partial charge < -0.3 is 8.94 Å². The van der Waals surface area contributed by atoms with Crippen LogP contribution < -0.4 is 0 Å². The van der Waals surface area contributed by atoms with E-state index < -0.39 is 0 Å². The SMILES string of the molecule is CCc1nc(-c2ncoc2C)no1. The summed E-state index contributed by atoms with van der Waals surface area (Å²) in [6.45, 7) is 3.76. The van der Waals surface area contributed by atoms with E-state index >= 15 is 0 Å². The Bertz CT molecular complexity index is 405. The van der Waals surface area contributed by atoms with Crippen LogP contribution in [0.2, 0.25) is 0 Å². The number of aromatic nitrogens is 3. The maximum atomic E-state index is 5.03. The maximum Gasteiger partial charge on any atom is 0.226 e. The van der Waals surface area contributed by atoms with E-state index in [-0.39, 0.29) is 0 Å². The van der Waals surface area contributed by atoms with Crippen molar-refractivity contribution in [2.45, 2.75) is 20.3 Å². The highest BCUT2D eigenvalue weighted by molar-refractivity contribution is 5.49. The quantitative estimate of drug-likeness (QED) is 0.700. The largest absolute Gasteiger partial charge is 0.448 e. The Morgan fingerprint density at radius 3 is 2.85 bits per heavy atom. The lowest BCUT2D eigenvalue weighted by molar-refractivity contribution is 0.382. The van der Waals surface area contributed by atoms with E-state index in [2.05, 4.69) is 15.1 Å². The fourth-order valence-electron chi connectivity index (χ4n) is 1.01. The Morgan fingerprint density at radius 2 is 2.31 bits per heavy atom. The molecule has 0 aliphatic rings. The molecule has 2 aromatic heterocycles. The molecule has 0 N–H and O–H groups in total. The fraction of sp³-hybridized carbons (Fsp3) is 0.375. The van der Waals surface area contributed by atoms with Crippen LogP contribution in [0.3, 0.4) is 0 Å². The van der Waals surface area contributed by atoms with Crippen molar-refractivity contribution in [3.05, 3.63) is 18.0 Å². The van der Waals surface area contributed by atoms with Gasteiger partial charge in [-0.3, -0.25) is 0 Å². The third-order valence-corrected chi connectivity index (χ3v) is 1.73. The van der Waals surface area contributed by atoms with Crippen LogP contribution in [0, 0.1) is 6.92 Å². The van der Waals surface area contributed by atoms with Crippen molar-refractivity contribution >= 4 is 0 Å². The van der Waals surface area contributed by atoms with Gasteiger partial charge in [0, 0.05) is 6.42 Å². The highest BCUT2D eigenvalue weighted by atomic mass is 16.5. The first-order valence-electron chi connectivity index (χ1n) is 4.04. The number of nitrogens with zero attached hydrogens (tertiary/aromatic N) is 3. The van der Waals surface area contributed by atoms with Gasteiger partial charge in [0.1, 0.15) is 5.76 Å². The van der Waals surface area contributed by atoms with Gasteiger partial charge in [-0.15, -0.1) is 0 Å². The molecule has 5 nitrogen and oxygen atoms in total. The van der Waals surface area contributed by atoms with Crippen molar-refractivity contribution < 1.29 is 8.94 Å². The summed E-state index contributed by atoms with van der Waals surface area (Å²) in [5.74, 6) is 1.80. The molecular weight excluding hydrogens is 170 g/mol. The summed E-state index contributed by atoms with van der Waals surface area (Å²) in [5, 5.41) is 3.78. The first-order valence-corrected chi connectivity index (χ1v) is 4.04. The Labute approximate surface area is 74.8 Å². The summed E-state index contributed by atoms with van der Waals surface area (Å²) < 4.78 is 9.98. The number of rotatable bonds is 2. The molecule has 2 heterocycles. The molecular formula is C8H9N3O2. The first kappa shape index (κ1) is 7.97. The second-order valence-electron chi connectivity index (χ2n) is 2.62. The van der Waals surface area contributed by atoms with E-state index in [9.17, 15) is 0 Å². The summed E-state index contributed by atoms with van der Waals surface area (Å²) in [5.41, 5.74) is 0.642. The van der Waals surface area contributed by atoms with Gasteiger partial charge in [0.15, 0.2) is 12.1 Å². The van der Waals surface area contributed by atoms with E-state index in [1.165, 1.54) is 6.39 Å². The van der Waals surface area contributed by atoms with Crippen molar-refractivity contribution in [2.75, 3.05) is 0 Å². The second kappa shape index (κ2) is 3.01. The molecule has 0 bridgehead atoms. The minimum Gasteiger partial charge on any atom is -0.448 e. The highest BCUT2D eigenvalue weighted by Crippen LogP contribution is 2.17. The van der Waals surface area contributed by atoms with Gasteiger partial charge in [0.25, 0.3) is 0 Å². The van der Waals surface area contributed by atoms with Gasteiger partial charge in [0.05, 0.1) is 0 Å². The zero-order chi connectivity index (χ0) is 9.26. The van der Waals surface area contributed by atoms with Crippen molar-refractivity contribution in [3.63, 3.8) is 0 Å². The summed E-state index contributed by atoms with van der Waals surface area (Å²) >= 11 is 0. The summed E-state index contributed by atoms with van der Waals surface area (Å²) in [4.78, 5) is 8.11. The number of aryl methyl sites for hydroxylation is 2. The van der Waals surface area contributed by atoms with Crippen LogP contribution in [0.15, 0.2) is 15.3 Å². The minimum atomic E-state index is 0.489. The van der Waals surface area contributed by atoms with E-state index in [1.807, 2.05) is 13.8 Å². The number of hydrogen-bond acceptors (Lipinski definition) is 5. The van der Waals surface area contributed by atoms with E-state index in [4.69, 9.17) is 8.94 Å². The Morgan fingerprint density at radius 1 is 1.46 bits per heavy atom. The van der Waals surface area contributed by atoms with Gasteiger partial charge in [0.2, 0.25) is 11.7 Å². The van der Waals surface area contributed by atoms with Crippen LogP contribution in [0.25, 0.3) is 11.5 Å². The molecule has 2 aromatic rings. The van der Waals surface area contributed by atoms with Crippen LogP contribution in [0.4, 0.5) is 0 Å². The van der Waals surface area contributed by atoms with E-state index in [0.717, 1.165) is 6.42 Å². The Hall–Kier alpha value is -1.65. The fourth-order valence-corrected chi connectivity index (χ4v) is 1.01. The van der Waals surface area contributed by atoms with Crippen LogP contribution in [0.5, 0.6) is 0 Å². The van der Waals surface area contributed by atoms with Gasteiger partial charge in [-0.25, -0.2) is 4.98 Å². The van der Waals surface area contributed by atoms with Crippen molar-refractivity contribution in [1.29, 1.82) is 0 Å². The van der Waals surface area contributed by atoms with Gasteiger partial charge in [-0.2, -0.15) is 4.98 Å². The van der Waals surface area contributed by atoms with Gasteiger partial charge in [-0.1, -0.05) is 12.1 Å². The standard InChI is InChI=1S/C8H9N3O2/c1-3-6-10-8(11-13-6)7-5(2)12-4-9-7/h4H,3H2,1-2H3. The first-order chi connectivity index (χ1) is 6.31. The smallest absolute Gasteiger partial charge is 0.226 e. The lowest BCUT2D eigenvalue weighted by atomic mass is 10.3. The minimum absolute atomic E-state index is 0.489. The molecule has 0 atom stereocenters. The Balaban J connectivity index is 2.41. The maximum absolute atomic E-state index is 5.03. The lowest BCUT2D eigenvalue weighted by Crippen LogP contribution is -1.84. The molecule has 0 aromatic carbocycles. The third-order valence-electron chi connectivity index (χ3n) is 1.73. The molecule has 0 saturated carbocycles. The van der Waals surface area contributed by atoms with Crippen LogP contribution >= 0.6 is 0 Å². The molecule has 0 unspecified atom stereocenters. The molecule has 0 saturated heterocycles.